The van der Waals surface area contributed by atoms with Crippen molar-refractivity contribution in [3.8, 4) is 6.07 Å². The summed E-state index contributed by atoms with van der Waals surface area (Å²) < 4.78 is 38.7. The van der Waals surface area contributed by atoms with E-state index in [1.54, 1.807) is 42.5 Å². The summed E-state index contributed by atoms with van der Waals surface area (Å²) in [5, 5.41) is 18.3. The molecule has 2 aliphatic rings. The number of hydrogen-bond acceptors (Lipinski definition) is 8. The van der Waals surface area contributed by atoms with Crippen LogP contribution in [0.4, 0.5) is 17.1 Å². The number of anilines is 3. The van der Waals surface area contributed by atoms with Crippen molar-refractivity contribution < 1.29 is 22.7 Å². The molecule has 2 fully saturated rings. The van der Waals surface area contributed by atoms with Crippen LogP contribution in [0.15, 0.2) is 47.4 Å². The number of morpholine rings is 1. The summed E-state index contributed by atoms with van der Waals surface area (Å²) in [6.45, 7) is 2.50. The second kappa shape index (κ2) is 11.5. The number of amides is 1. The first-order chi connectivity index (χ1) is 17.0. The van der Waals surface area contributed by atoms with Crippen LogP contribution >= 0.6 is 0 Å². The van der Waals surface area contributed by atoms with E-state index in [2.05, 4.69) is 16.0 Å². The van der Waals surface area contributed by atoms with Crippen LogP contribution in [0.25, 0.3) is 0 Å². The Bertz CT molecular complexity index is 1190. The van der Waals surface area contributed by atoms with Gasteiger partial charge < -0.3 is 25.4 Å². The van der Waals surface area contributed by atoms with Gasteiger partial charge in [-0.05, 0) is 43.2 Å². The van der Waals surface area contributed by atoms with Crippen LogP contribution in [0.5, 0.6) is 0 Å². The van der Waals surface area contributed by atoms with Gasteiger partial charge in [-0.25, -0.2) is 8.42 Å². The number of carbonyl (C=O) groups excluding carboxylic acids is 1. The van der Waals surface area contributed by atoms with Crippen LogP contribution in [-0.2, 0) is 24.3 Å². The number of nitrogens with zero attached hydrogens (tertiary/aromatic N) is 2. The lowest BCUT2D eigenvalue weighted by Gasteiger charge is -2.26. The molecule has 2 heterocycles. The minimum absolute atomic E-state index is 0.0883. The van der Waals surface area contributed by atoms with Crippen molar-refractivity contribution >= 4 is 33.0 Å². The van der Waals surface area contributed by atoms with Gasteiger partial charge in [-0.1, -0.05) is 12.1 Å². The van der Waals surface area contributed by atoms with Gasteiger partial charge in [0.25, 0.3) is 0 Å². The molecule has 0 saturated carbocycles. The van der Waals surface area contributed by atoms with Crippen molar-refractivity contribution in [2.45, 2.75) is 23.8 Å². The molecule has 0 aliphatic carbocycles. The molecule has 1 atom stereocenters. The lowest BCUT2D eigenvalue weighted by molar-refractivity contribution is -0.114. The van der Waals surface area contributed by atoms with Crippen LogP contribution in [0.1, 0.15) is 18.4 Å². The Morgan fingerprint density at radius 3 is 2.60 bits per heavy atom. The Morgan fingerprint density at radius 2 is 1.86 bits per heavy atom. The second-order valence-corrected chi connectivity index (χ2v) is 10.2. The molecule has 2 aromatic rings. The molecule has 2 aliphatic heterocycles. The first kappa shape index (κ1) is 24.9. The zero-order valence-corrected chi connectivity index (χ0v) is 20.1. The van der Waals surface area contributed by atoms with Crippen molar-refractivity contribution in [1.82, 2.24) is 4.31 Å². The topological polar surface area (TPSA) is 133 Å². The standard InChI is InChI=1S/C24H29N5O5S/c25-15-18-4-1-2-6-21(18)28-24(30)17-27-23-14-20(35(31,32)29-9-12-33-13-10-29)7-8-22(23)26-16-19-5-3-11-34-19/h1-2,4,6-8,14,19,26-27H,3,5,9-13,16-17H2,(H,28,30)/t19-/m1/s1. The van der Waals surface area contributed by atoms with E-state index in [0.29, 0.717) is 55.5 Å². The number of benzene rings is 2. The zero-order chi connectivity index (χ0) is 24.7. The Hall–Kier alpha value is -3.17. The molecular weight excluding hydrogens is 470 g/mol. The smallest absolute Gasteiger partial charge is 0.243 e. The third-order valence-electron chi connectivity index (χ3n) is 5.90. The molecule has 0 spiro atoms. The maximum Gasteiger partial charge on any atom is 0.243 e. The van der Waals surface area contributed by atoms with Crippen LogP contribution < -0.4 is 16.0 Å². The Labute approximate surface area is 205 Å². The molecule has 35 heavy (non-hydrogen) atoms. The highest BCUT2D eigenvalue weighted by Gasteiger charge is 2.27. The molecule has 2 saturated heterocycles. The van der Waals surface area contributed by atoms with E-state index in [4.69, 9.17) is 9.47 Å². The highest BCUT2D eigenvalue weighted by Crippen LogP contribution is 2.28. The Kier molecular flexibility index (Phi) is 8.20. The normalized spacial score (nSPS) is 18.5. The fraction of sp³-hybridized carbons (Fsp3) is 0.417. The molecule has 3 N–H and O–H groups in total. The number of para-hydroxylation sites is 1. The lowest BCUT2D eigenvalue weighted by Crippen LogP contribution is -2.40. The number of carbonyl (C=O) groups is 1. The highest BCUT2D eigenvalue weighted by atomic mass is 32.2. The predicted molar refractivity (Wildman–Crippen MR) is 132 cm³/mol. The van der Waals surface area contributed by atoms with Crippen LogP contribution in [0, 0.1) is 11.3 Å². The van der Waals surface area contributed by atoms with Crippen molar-refractivity contribution in [1.29, 1.82) is 5.26 Å². The largest absolute Gasteiger partial charge is 0.381 e. The van der Waals surface area contributed by atoms with E-state index in [9.17, 15) is 18.5 Å². The summed E-state index contributed by atoms with van der Waals surface area (Å²) in [5.74, 6) is -0.362. The Morgan fingerprint density at radius 1 is 1.06 bits per heavy atom. The van der Waals surface area contributed by atoms with E-state index in [0.717, 1.165) is 19.4 Å². The molecule has 1 amide bonds. The van der Waals surface area contributed by atoms with E-state index in [1.165, 1.54) is 4.31 Å². The summed E-state index contributed by atoms with van der Waals surface area (Å²) >= 11 is 0. The highest BCUT2D eigenvalue weighted by molar-refractivity contribution is 7.89. The molecule has 0 bridgehead atoms. The average molecular weight is 500 g/mol. The zero-order valence-electron chi connectivity index (χ0n) is 19.3. The summed E-state index contributed by atoms with van der Waals surface area (Å²) in [7, 11) is -3.70. The number of nitrogens with one attached hydrogen (secondary N) is 3. The Balaban J connectivity index is 1.51. The molecule has 0 radical (unpaired) electrons. The SMILES string of the molecule is N#Cc1ccccc1NC(=O)CNc1cc(S(=O)(=O)N2CCOCC2)ccc1NC[C@H]1CCCO1. The molecule has 4 rings (SSSR count). The molecule has 11 heteroatoms. The van der Waals surface area contributed by atoms with E-state index < -0.39 is 10.0 Å². The van der Waals surface area contributed by atoms with Gasteiger partial charge in [-0.15, -0.1) is 0 Å². The maximum atomic E-state index is 13.2. The maximum absolute atomic E-state index is 13.2. The molecule has 2 aromatic carbocycles. The summed E-state index contributed by atoms with van der Waals surface area (Å²) in [6, 6.07) is 13.6. The summed E-state index contributed by atoms with van der Waals surface area (Å²) in [5.41, 5.74) is 1.94. The second-order valence-electron chi connectivity index (χ2n) is 8.30. The molecular formula is C24H29N5O5S. The number of hydrogen-bond donors (Lipinski definition) is 3. The van der Waals surface area contributed by atoms with Crippen molar-refractivity contribution in [2.24, 2.45) is 0 Å². The van der Waals surface area contributed by atoms with Crippen molar-refractivity contribution in [3.05, 3.63) is 48.0 Å². The molecule has 186 valence electrons. The quantitative estimate of drug-likeness (QED) is 0.478. The van der Waals surface area contributed by atoms with E-state index in [1.807, 2.05) is 6.07 Å². The van der Waals surface area contributed by atoms with Crippen LogP contribution in [-0.4, -0.2) is 70.7 Å². The van der Waals surface area contributed by atoms with Gasteiger partial charge in [0.05, 0.1) is 53.4 Å². The van der Waals surface area contributed by atoms with E-state index >= 15 is 0 Å². The fourth-order valence-corrected chi connectivity index (χ4v) is 5.44. The van der Waals surface area contributed by atoms with Gasteiger partial charge in [0.15, 0.2) is 0 Å². The number of sulfonamides is 1. The van der Waals surface area contributed by atoms with Gasteiger partial charge in [0.2, 0.25) is 15.9 Å². The van der Waals surface area contributed by atoms with Gasteiger partial charge in [0.1, 0.15) is 6.07 Å². The molecule has 10 nitrogen and oxygen atoms in total. The van der Waals surface area contributed by atoms with E-state index in [-0.39, 0.29) is 23.5 Å². The van der Waals surface area contributed by atoms with Gasteiger partial charge in [0, 0.05) is 26.2 Å². The van der Waals surface area contributed by atoms with Crippen molar-refractivity contribution in [2.75, 3.05) is 62.0 Å². The minimum atomic E-state index is -3.70. The predicted octanol–water partition coefficient (Wildman–Crippen LogP) is 2.22. The first-order valence-corrected chi connectivity index (χ1v) is 13.0. The fourth-order valence-electron chi connectivity index (χ4n) is 4.01. The monoisotopic (exact) mass is 499 g/mol. The van der Waals surface area contributed by atoms with Crippen LogP contribution in [0.3, 0.4) is 0 Å². The van der Waals surface area contributed by atoms with Gasteiger partial charge in [-0.2, -0.15) is 9.57 Å². The average Bonchev–Trinajstić information content (AvgIpc) is 3.41. The third kappa shape index (κ3) is 6.29. The number of nitriles is 1. The van der Waals surface area contributed by atoms with Gasteiger partial charge in [-0.3, -0.25) is 4.79 Å². The van der Waals surface area contributed by atoms with Crippen molar-refractivity contribution in [3.63, 3.8) is 0 Å². The lowest BCUT2D eigenvalue weighted by atomic mass is 10.2. The summed E-state index contributed by atoms with van der Waals surface area (Å²) in [6.07, 6.45) is 2.06. The molecule has 0 unspecified atom stereocenters. The van der Waals surface area contributed by atoms with Crippen LogP contribution in [0.2, 0.25) is 0 Å². The third-order valence-corrected chi connectivity index (χ3v) is 7.80. The molecule has 0 aromatic heterocycles. The minimum Gasteiger partial charge on any atom is -0.381 e. The van der Waals surface area contributed by atoms with Gasteiger partial charge >= 0.3 is 0 Å². The summed E-state index contributed by atoms with van der Waals surface area (Å²) in [4.78, 5) is 12.7. The first-order valence-electron chi connectivity index (χ1n) is 11.6. The number of ether oxygens (including phenoxy) is 2. The number of rotatable bonds is 9.